The lowest BCUT2D eigenvalue weighted by atomic mass is 9.97. The molecule has 0 aliphatic carbocycles. The molecule has 0 aliphatic rings. The summed E-state index contributed by atoms with van der Waals surface area (Å²) in [6.45, 7) is 12.8. The van der Waals surface area contributed by atoms with Gasteiger partial charge in [-0.1, -0.05) is 20.8 Å². The average Bonchev–Trinajstić information content (AvgIpc) is 2.91. The van der Waals surface area contributed by atoms with E-state index >= 15 is 0 Å². The normalized spacial score (nSPS) is 12.9. The van der Waals surface area contributed by atoms with Crippen LogP contribution in [0.2, 0.25) is 0 Å². The Morgan fingerprint density at radius 1 is 1.10 bits per heavy atom. The van der Waals surface area contributed by atoms with Crippen LogP contribution in [0, 0.1) is 19.8 Å². The summed E-state index contributed by atoms with van der Waals surface area (Å²) in [4.78, 5) is 13.6. The standard InChI is InChI=1S/C16H24N4S/c1-10(2)6-17-7-11(3)15-12(4)19-16(20-13(15)5)14-8-21-9-18-14/h8-11,17H,6-7H2,1-5H3. The first-order valence-corrected chi connectivity index (χ1v) is 8.37. The number of thiazole rings is 1. The fourth-order valence-electron chi connectivity index (χ4n) is 2.57. The molecule has 0 saturated heterocycles. The van der Waals surface area contributed by atoms with Crippen molar-refractivity contribution in [1.82, 2.24) is 20.3 Å². The van der Waals surface area contributed by atoms with Gasteiger partial charge in [0.15, 0.2) is 5.82 Å². The fourth-order valence-corrected chi connectivity index (χ4v) is 3.10. The molecule has 114 valence electrons. The molecule has 2 aromatic heterocycles. The topological polar surface area (TPSA) is 50.7 Å². The maximum absolute atomic E-state index is 4.65. The minimum absolute atomic E-state index is 0.410. The van der Waals surface area contributed by atoms with Crippen molar-refractivity contribution in [3.63, 3.8) is 0 Å². The van der Waals surface area contributed by atoms with E-state index in [2.05, 4.69) is 54.9 Å². The SMILES string of the molecule is Cc1nc(-c2cscn2)nc(C)c1C(C)CNCC(C)C. The molecule has 2 rings (SSSR count). The highest BCUT2D eigenvalue weighted by atomic mass is 32.1. The van der Waals surface area contributed by atoms with Gasteiger partial charge in [-0.05, 0) is 37.8 Å². The number of aryl methyl sites for hydroxylation is 2. The van der Waals surface area contributed by atoms with Gasteiger partial charge in [-0.25, -0.2) is 15.0 Å². The number of nitrogens with zero attached hydrogens (tertiary/aromatic N) is 3. The second-order valence-electron chi connectivity index (χ2n) is 5.96. The van der Waals surface area contributed by atoms with Crippen LogP contribution in [0.1, 0.15) is 43.6 Å². The third kappa shape index (κ3) is 4.08. The number of hydrogen-bond acceptors (Lipinski definition) is 5. The van der Waals surface area contributed by atoms with Crippen LogP contribution in [0.15, 0.2) is 10.9 Å². The third-order valence-corrected chi connectivity index (χ3v) is 4.07. The number of nitrogens with one attached hydrogen (secondary N) is 1. The van der Waals surface area contributed by atoms with E-state index < -0.39 is 0 Å². The Morgan fingerprint density at radius 3 is 2.29 bits per heavy atom. The zero-order valence-electron chi connectivity index (χ0n) is 13.5. The molecule has 4 nitrogen and oxygen atoms in total. The van der Waals surface area contributed by atoms with E-state index in [1.54, 1.807) is 11.3 Å². The summed E-state index contributed by atoms with van der Waals surface area (Å²) in [5, 5.41) is 5.50. The predicted molar refractivity (Wildman–Crippen MR) is 88.7 cm³/mol. The van der Waals surface area contributed by atoms with Crippen molar-refractivity contribution in [2.24, 2.45) is 5.92 Å². The Hall–Kier alpha value is -1.33. The summed E-state index contributed by atoms with van der Waals surface area (Å²) in [5.74, 6) is 1.81. The lowest BCUT2D eigenvalue weighted by Gasteiger charge is -2.18. The molecule has 0 amide bonds. The zero-order valence-corrected chi connectivity index (χ0v) is 14.3. The first-order chi connectivity index (χ1) is 9.99. The summed E-state index contributed by atoms with van der Waals surface area (Å²) in [7, 11) is 0. The Kier molecular flexibility index (Phi) is 5.42. The summed E-state index contributed by atoms with van der Waals surface area (Å²) in [6, 6.07) is 0. The Labute approximate surface area is 131 Å². The van der Waals surface area contributed by atoms with Gasteiger partial charge in [0.1, 0.15) is 5.69 Å². The van der Waals surface area contributed by atoms with Gasteiger partial charge in [0, 0.05) is 23.3 Å². The van der Waals surface area contributed by atoms with E-state index in [4.69, 9.17) is 0 Å². The molecule has 1 unspecified atom stereocenters. The second-order valence-corrected chi connectivity index (χ2v) is 6.68. The first-order valence-electron chi connectivity index (χ1n) is 7.43. The first kappa shape index (κ1) is 16.0. The van der Waals surface area contributed by atoms with Crippen LogP contribution in [0.5, 0.6) is 0 Å². The minimum Gasteiger partial charge on any atom is -0.316 e. The quantitative estimate of drug-likeness (QED) is 0.886. The number of hydrogen-bond donors (Lipinski definition) is 1. The van der Waals surface area contributed by atoms with Crippen LogP contribution in [0.4, 0.5) is 0 Å². The maximum atomic E-state index is 4.65. The van der Waals surface area contributed by atoms with E-state index in [1.807, 2.05) is 10.9 Å². The molecular weight excluding hydrogens is 280 g/mol. The van der Waals surface area contributed by atoms with Gasteiger partial charge in [-0.3, -0.25) is 0 Å². The van der Waals surface area contributed by atoms with Crippen LogP contribution >= 0.6 is 11.3 Å². The highest BCUT2D eigenvalue weighted by Crippen LogP contribution is 2.24. The Bertz CT molecular complexity index is 555. The zero-order chi connectivity index (χ0) is 15.4. The van der Waals surface area contributed by atoms with Crippen LogP contribution in [0.3, 0.4) is 0 Å². The summed E-state index contributed by atoms with van der Waals surface area (Å²) in [6.07, 6.45) is 0. The molecule has 0 radical (unpaired) electrons. The maximum Gasteiger partial charge on any atom is 0.179 e. The van der Waals surface area contributed by atoms with Crippen molar-refractivity contribution in [2.45, 2.75) is 40.5 Å². The Balaban J connectivity index is 2.17. The second kappa shape index (κ2) is 7.09. The minimum atomic E-state index is 0.410. The van der Waals surface area contributed by atoms with E-state index in [0.29, 0.717) is 11.8 Å². The van der Waals surface area contributed by atoms with E-state index in [9.17, 15) is 0 Å². The molecular formula is C16H24N4S. The molecule has 1 atom stereocenters. The molecule has 0 aromatic carbocycles. The van der Waals surface area contributed by atoms with E-state index in [1.165, 1.54) is 5.56 Å². The van der Waals surface area contributed by atoms with Crippen molar-refractivity contribution in [1.29, 1.82) is 0 Å². The molecule has 1 N–H and O–H groups in total. The smallest absolute Gasteiger partial charge is 0.179 e. The molecule has 5 heteroatoms. The van der Waals surface area contributed by atoms with E-state index in [-0.39, 0.29) is 0 Å². The van der Waals surface area contributed by atoms with Crippen LogP contribution in [-0.2, 0) is 0 Å². The van der Waals surface area contributed by atoms with E-state index in [0.717, 1.165) is 36.0 Å². The monoisotopic (exact) mass is 304 g/mol. The van der Waals surface area contributed by atoms with Gasteiger partial charge in [0.05, 0.1) is 5.51 Å². The molecule has 0 bridgehead atoms. The van der Waals surface area contributed by atoms with Crippen LogP contribution < -0.4 is 5.32 Å². The van der Waals surface area contributed by atoms with Gasteiger partial charge in [0.2, 0.25) is 0 Å². The van der Waals surface area contributed by atoms with Gasteiger partial charge in [0.25, 0.3) is 0 Å². The molecule has 0 fully saturated rings. The third-order valence-electron chi connectivity index (χ3n) is 3.48. The van der Waals surface area contributed by atoms with Crippen molar-refractivity contribution in [2.75, 3.05) is 13.1 Å². The summed E-state index contributed by atoms with van der Waals surface area (Å²) < 4.78 is 0. The average molecular weight is 304 g/mol. The molecule has 21 heavy (non-hydrogen) atoms. The highest BCUT2D eigenvalue weighted by Gasteiger charge is 2.16. The molecule has 0 aliphatic heterocycles. The molecule has 2 aromatic rings. The summed E-state index contributed by atoms with van der Waals surface area (Å²) >= 11 is 1.57. The van der Waals surface area contributed by atoms with Gasteiger partial charge >= 0.3 is 0 Å². The summed E-state index contributed by atoms with van der Waals surface area (Å²) in [5.41, 5.74) is 6.05. The van der Waals surface area contributed by atoms with Crippen LogP contribution in [0.25, 0.3) is 11.5 Å². The largest absolute Gasteiger partial charge is 0.316 e. The van der Waals surface area contributed by atoms with Gasteiger partial charge in [-0.2, -0.15) is 0 Å². The molecule has 0 spiro atoms. The number of aromatic nitrogens is 3. The van der Waals surface area contributed by atoms with Crippen molar-refractivity contribution in [3.8, 4) is 11.5 Å². The Morgan fingerprint density at radius 2 is 1.76 bits per heavy atom. The van der Waals surface area contributed by atoms with Gasteiger partial charge < -0.3 is 5.32 Å². The highest BCUT2D eigenvalue weighted by molar-refractivity contribution is 7.07. The predicted octanol–water partition coefficient (Wildman–Crippen LogP) is 3.57. The van der Waals surface area contributed by atoms with Crippen molar-refractivity contribution in [3.05, 3.63) is 27.8 Å². The van der Waals surface area contributed by atoms with Crippen molar-refractivity contribution >= 4 is 11.3 Å². The van der Waals surface area contributed by atoms with Crippen molar-refractivity contribution < 1.29 is 0 Å². The molecule has 2 heterocycles. The lowest BCUT2D eigenvalue weighted by molar-refractivity contribution is 0.526. The molecule has 0 saturated carbocycles. The number of rotatable bonds is 6. The van der Waals surface area contributed by atoms with Crippen LogP contribution in [-0.4, -0.2) is 28.0 Å². The van der Waals surface area contributed by atoms with Gasteiger partial charge in [-0.15, -0.1) is 11.3 Å². The fraction of sp³-hybridized carbons (Fsp3) is 0.562. The lowest BCUT2D eigenvalue weighted by Crippen LogP contribution is -2.25.